The molecule has 0 unspecified atom stereocenters. The SMILES string of the molecule is O=C(NN1c2ccc3ccccc3c2[C@H](c2ccccc2Br)[C@H]1c1c(O)ccc2ccccc12)c1ccccc1. The first-order chi connectivity index (χ1) is 19.6. The predicted molar refractivity (Wildman–Crippen MR) is 165 cm³/mol. The highest BCUT2D eigenvalue weighted by atomic mass is 79.9. The minimum Gasteiger partial charge on any atom is -0.508 e. The molecule has 5 heteroatoms. The lowest BCUT2D eigenvalue weighted by Gasteiger charge is -2.32. The largest absolute Gasteiger partial charge is 0.508 e. The molecule has 4 nitrogen and oxygen atoms in total. The summed E-state index contributed by atoms with van der Waals surface area (Å²) in [4.78, 5) is 13.7. The van der Waals surface area contributed by atoms with Gasteiger partial charge >= 0.3 is 0 Å². The predicted octanol–water partition coefficient (Wildman–Crippen LogP) is 8.50. The Bertz CT molecular complexity index is 1900. The van der Waals surface area contributed by atoms with Gasteiger partial charge in [-0.25, -0.2) is 0 Å². The van der Waals surface area contributed by atoms with E-state index in [9.17, 15) is 9.90 Å². The third-order valence-electron chi connectivity index (χ3n) is 7.85. The molecule has 40 heavy (non-hydrogen) atoms. The first-order valence-electron chi connectivity index (χ1n) is 13.2. The van der Waals surface area contributed by atoms with Gasteiger partial charge in [0.25, 0.3) is 5.91 Å². The summed E-state index contributed by atoms with van der Waals surface area (Å²) in [6.07, 6.45) is 0. The molecule has 1 amide bonds. The third-order valence-corrected chi connectivity index (χ3v) is 8.58. The Labute approximate surface area is 240 Å². The fourth-order valence-electron chi connectivity index (χ4n) is 6.11. The standard InChI is InChI=1S/C35H25BrN2O2/c36-28-17-9-8-16-27(28)33-31-25-14-6-4-10-22(25)18-20-29(31)38(37-35(40)24-12-2-1-3-13-24)34(33)32-26-15-7-5-11-23(26)19-21-30(32)39/h1-21,33-34,39H,(H,37,40)/t33-,34+/m0/s1. The number of phenolic OH excluding ortho intramolecular Hbond substituents is 1. The number of hydrazine groups is 1. The van der Waals surface area contributed by atoms with Crippen molar-refractivity contribution in [1.29, 1.82) is 0 Å². The Kier molecular flexibility index (Phi) is 6.02. The smallest absolute Gasteiger partial charge is 0.269 e. The minimum absolute atomic E-state index is 0.192. The van der Waals surface area contributed by atoms with Gasteiger partial charge in [0.05, 0.1) is 11.7 Å². The van der Waals surface area contributed by atoms with Crippen molar-refractivity contribution in [3.05, 3.63) is 154 Å². The quantitative estimate of drug-likeness (QED) is 0.218. The van der Waals surface area contributed by atoms with Crippen molar-refractivity contribution in [3.63, 3.8) is 0 Å². The van der Waals surface area contributed by atoms with Crippen LogP contribution in [0.5, 0.6) is 5.75 Å². The van der Waals surface area contributed by atoms with Crippen molar-refractivity contribution < 1.29 is 9.90 Å². The molecule has 0 aliphatic carbocycles. The number of benzene rings is 6. The highest BCUT2D eigenvalue weighted by molar-refractivity contribution is 9.10. The van der Waals surface area contributed by atoms with Crippen molar-refractivity contribution in [2.24, 2.45) is 0 Å². The molecule has 0 bridgehead atoms. The third kappa shape index (κ3) is 3.93. The molecule has 0 radical (unpaired) electrons. The Hall–Kier alpha value is -4.61. The van der Waals surface area contributed by atoms with E-state index < -0.39 is 6.04 Å². The minimum atomic E-state index is -0.432. The number of hydrogen-bond acceptors (Lipinski definition) is 3. The number of halogens is 1. The van der Waals surface area contributed by atoms with Crippen LogP contribution in [0.2, 0.25) is 0 Å². The lowest BCUT2D eigenvalue weighted by molar-refractivity contribution is 0.0944. The molecular weight excluding hydrogens is 560 g/mol. The highest BCUT2D eigenvalue weighted by Gasteiger charge is 2.45. The summed E-state index contributed by atoms with van der Waals surface area (Å²) in [7, 11) is 0. The number of amides is 1. The van der Waals surface area contributed by atoms with Crippen LogP contribution in [0.25, 0.3) is 21.5 Å². The van der Waals surface area contributed by atoms with E-state index in [0.29, 0.717) is 5.56 Å². The van der Waals surface area contributed by atoms with Gasteiger partial charge in [-0.05, 0) is 63.0 Å². The number of anilines is 1. The number of rotatable bonds is 4. The second-order valence-corrected chi connectivity index (χ2v) is 10.9. The zero-order chi connectivity index (χ0) is 27.2. The number of carbonyl (C=O) groups is 1. The Balaban J connectivity index is 1.55. The Morgan fingerprint density at radius 2 is 1.27 bits per heavy atom. The maximum Gasteiger partial charge on any atom is 0.269 e. The summed E-state index contributed by atoms with van der Waals surface area (Å²) in [6, 6.07) is 41.3. The van der Waals surface area contributed by atoms with Crippen LogP contribution in [0.3, 0.4) is 0 Å². The maximum atomic E-state index is 13.7. The van der Waals surface area contributed by atoms with E-state index in [1.807, 2.05) is 83.9 Å². The van der Waals surface area contributed by atoms with Gasteiger partial charge in [0.2, 0.25) is 0 Å². The van der Waals surface area contributed by atoms with Gasteiger partial charge in [-0.2, -0.15) is 0 Å². The summed E-state index contributed by atoms with van der Waals surface area (Å²) >= 11 is 3.83. The first-order valence-corrected chi connectivity index (χ1v) is 14.0. The molecule has 1 aliphatic rings. The molecule has 194 valence electrons. The number of phenols is 1. The molecule has 6 aromatic rings. The summed E-state index contributed by atoms with van der Waals surface area (Å²) in [6.45, 7) is 0. The molecule has 2 atom stereocenters. The lowest BCUT2D eigenvalue weighted by Crippen LogP contribution is -2.43. The van der Waals surface area contributed by atoms with Gasteiger partial charge in [-0.1, -0.05) is 113 Å². The van der Waals surface area contributed by atoms with E-state index in [4.69, 9.17) is 0 Å². The van der Waals surface area contributed by atoms with E-state index in [0.717, 1.165) is 48.4 Å². The van der Waals surface area contributed by atoms with E-state index >= 15 is 0 Å². The van der Waals surface area contributed by atoms with Gasteiger partial charge in [0.15, 0.2) is 0 Å². The average Bonchev–Trinajstić information content (AvgIpc) is 3.31. The molecule has 0 saturated heterocycles. The number of fused-ring (bicyclic) bond motifs is 4. The van der Waals surface area contributed by atoms with Crippen molar-refractivity contribution >= 4 is 49.1 Å². The molecule has 7 rings (SSSR count). The zero-order valence-corrected chi connectivity index (χ0v) is 23.0. The monoisotopic (exact) mass is 584 g/mol. The van der Waals surface area contributed by atoms with Crippen LogP contribution in [0.15, 0.2) is 132 Å². The topological polar surface area (TPSA) is 52.6 Å². The number of nitrogens with one attached hydrogen (secondary N) is 1. The van der Waals surface area contributed by atoms with Crippen molar-refractivity contribution in [2.45, 2.75) is 12.0 Å². The van der Waals surface area contributed by atoms with Crippen LogP contribution >= 0.6 is 15.9 Å². The number of hydrogen-bond donors (Lipinski definition) is 2. The van der Waals surface area contributed by atoms with Crippen molar-refractivity contribution in [2.75, 3.05) is 5.01 Å². The number of aromatic hydroxyl groups is 1. The molecule has 2 N–H and O–H groups in total. The average molecular weight is 586 g/mol. The van der Waals surface area contributed by atoms with Crippen LogP contribution < -0.4 is 10.4 Å². The summed E-state index contributed by atoms with van der Waals surface area (Å²) in [5, 5.41) is 17.7. The molecule has 1 heterocycles. The van der Waals surface area contributed by atoms with Gasteiger partial charge < -0.3 is 5.11 Å². The second-order valence-electron chi connectivity index (χ2n) is 10.1. The lowest BCUT2D eigenvalue weighted by atomic mass is 9.81. The van der Waals surface area contributed by atoms with Crippen LogP contribution in [-0.4, -0.2) is 11.0 Å². The zero-order valence-electron chi connectivity index (χ0n) is 21.5. The molecular formula is C35H25BrN2O2. The van der Waals surface area contributed by atoms with Gasteiger partial charge in [-0.15, -0.1) is 0 Å². The Morgan fingerprint density at radius 3 is 2.00 bits per heavy atom. The second kappa shape index (κ2) is 9.85. The van der Waals surface area contributed by atoms with Gasteiger partial charge in [-0.3, -0.25) is 15.2 Å². The molecule has 0 spiro atoms. The van der Waals surface area contributed by atoms with Crippen LogP contribution in [0.1, 0.15) is 39.0 Å². The van der Waals surface area contributed by atoms with Crippen LogP contribution in [0.4, 0.5) is 5.69 Å². The van der Waals surface area contributed by atoms with E-state index in [2.05, 4.69) is 63.8 Å². The summed E-state index contributed by atoms with van der Waals surface area (Å²) in [5.41, 5.74) is 7.67. The first kappa shape index (κ1) is 24.4. The normalized spacial score (nSPS) is 16.3. The van der Waals surface area contributed by atoms with E-state index in [1.165, 1.54) is 0 Å². The summed E-state index contributed by atoms with van der Waals surface area (Å²) < 4.78 is 0.972. The van der Waals surface area contributed by atoms with E-state index in [-0.39, 0.29) is 17.6 Å². The van der Waals surface area contributed by atoms with Crippen molar-refractivity contribution in [1.82, 2.24) is 5.43 Å². The molecule has 6 aromatic carbocycles. The van der Waals surface area contributed by atoms with Gasteiger partial charge in [0, 0.05) is 21.5 Å². The fourth-order valence-corrected chi connectivity index (χ4v) is 6.65. The fraction of sp³-hybridized carbons (Fsp3) is 0.0571. The number of carbonyl (C=O) groups excluding carboxylic acids is 1. The molecule has 0 fully saturated rings. The maximum absolute atomic E-state index is 13.7. The molecule has 0 aromatic heterocycles. The summed E-state index contributed by atoms with van der Waals surface area (Å²) in [5.74, 6) is -0.224. The molecule has 1 aliphatic heterocycles. The number of nitrogens with zero attached hydrogens (tertiary/aromatic N) is 1. The van der Waals surface area contributed by atoms with E-state index in [1.54, 1.807) is 6.07 Å². The van der Waals surface area contributed by atoms with Gasteiger partial charge in [0.1, 0.15) is 5.75 Å². The Morgan fingerprint density at radius 1 is 0.675 bits per heavy atom. The van der Waals surface area contributed by atoms with Crippen LogP contribution in [0, 0.1) is 0 Å². The highest BCUT2D eigenvalue weighted by Crippen LogP contribution is 2.57. The van der Waals surface area contributed by atoms with Crippen LogP contribution in [-0.2, 0) is 0 Å². The van der Waals surface area contributed by atoms with Crippen molar-refractivity contribution in [3.8, 4) is 5.75 Å². The molecule has 0 saturated carbocycles.